The van der Waals surface area contributed by atoms with Crippen LogP contribution in [0, 0.1) is 11.3 Å². The Kier molecular flexibility index (Phi) is 1.59. The van der Waals surface area contributed by atoms with Crippen LogP contribution in [0.4, 0.5) is 0 Å². The third-order valence-corrected chi connectivity index (χ3v) is 3.05. The maximum Gasteiger partial charge on any atom is 0.126 e. The van der Waals surface area contributed by atoms with Gasteiger partial charge in [-0.25, -0.2) is 0 Å². The summed E-state index contributed by atoms with van der Waals surface area (Å²) in [5.41, 5.74) is 0.0942. The predicted octanol–water partition coefficient (Wildman–Crippen LogP) is 2.32. The second kappa shape index (κ2) is 2.47. The van der Waals surface area contributed by atoms with E-state index in [0.717, 1.165) is 12.8 Å². The number of rotatable bonds is 2. The standard InChI is InChI=1S/C10H14O/c11-8-10(6-7-10)9-4-2-1-3-5-9/h2,4,8-9H,1,3,5-7H2. The van der Waals surface area contributed by atoms with Gasteiger partial charge in [-0.2, -0.15) is 0 Å². The molecule has 60 valence electrons. The monoisotopic (exact) mass is 150 g/mol. The summed E-state index contributed by atoms with van der Waals surface area (Å²) in [6.07, 6.45) is 11.7. The molecule has 2 aliphatic rings. The van der Waals surface area contributed by atoms with Gasteiger partial charge in [0.05, 0.1) is 0 Å². The molecule has 0 amide bonds. The molecule has 0 aromatic heterocycles. The van der Waals surface area contributed by atoms with Crippen LogP contribution in [0.2, 0.25) is 0 Å². The van der Waals surface area contributed by atoms with Gasteiger partial charge in [-0.1, -0.05) is 12.2 Å². The van der Waals surface area contributed by atoms with Crippen LogP contribution in [0.1, 0.15) is 32.1 Å². The van der Waals surface area contributed by atoms with Gasteiger partial charge in [0.2, 0.25) is 0 Å². The van der Waals surface area contributed by atoms with Gasteiger partial charge in [0.1, 0.15) is 6.29 Å². The molecule has 1 heteroatoms. The number of allylic oxidation sites excluding steroid dienone is 2. The van der Waals surface area contributed by atoms with Crippen LogP contribution >= 0.6 is 0 Å². The zero-order valence-electron chi connectivity index (χ0n) is 6.75. The van der Waals surface area contributed by atoms with Gasteiger partial charge >= 0.3 is 0 Å². The highest BCUT2D eigenvalue weighted by atomic mass is 16.1. The van der Waals surface area contributed by atoms with Gasteiger partial charge in [-0.3, -0.25) is 0 Å². The van der Waals surface area contributed by atoms with E-state index in [0.29, 0.717) is 5.92 Å². The predicted molar refractivity (Wildman–Crippen MR) is 44.2 cm³/mol. The lowest BCUT2D eigenvalue weighted by Crippen LogP contribution is -2.16. The maximum atomic E-state index is 10.8. The van der Waals surface area contributed by atoms with Crippen molar-refractivity contribution < 1.29 is 4.79 Å². The molecule has 0 bridgehead atoms. The molecule has 11 heavy (non-hydrogen) atoms. The fourth-order valence-electron chi connectivity index (χ4n) is 2.01. The highest BCUT2D eigenvalue weighted by molar-refractivity contribution is 5.64. The molecule has 1 nitrogen and oxygen atoms in total. The van der Waals surface area contributed by atoms with Crippen molar-refractivity contribution in [2.45, 2.75) is 32.1 Å². The molecule has 2 rings (SSSR count). The van der Waals surface area contributed by atoms with E-state index in [4.69, 9.17) is 0 Å². The second-order valence-corrected chi connectivity index (χ2v) is 3.82. The average molecular weight is 150 g/mol. The van der Waals surface area contributed by atoms with E-state index < -0.39 is 0 Å². The maximum absolute atomic E-state index is 10.8. The topological polar surface area (TPSA) is 17.1 Å². The summed E-state index contributed by atoms with van der Waals surface area (Å²) in [5, 5.41) is 0. The zero-order valence-corrected chi connectivity index (χ0v) is 6.75. The first kappa shape index (κ1) is 7.08. The molecule has 1 atom stereocenters. The van der Waals surface area contributed by atoms with Crippen molar-refractivity contribution in [3.8, 4) is 0 Å². The van der Waals surface area contributed by atoms with Crippen LogP contribution in [0.15, 0.2) is 12.2 Å². The quantitative estimate of drug-likeness (QED) is 0.436. The number of hydrogen-bond acceptors (Lipinski definition) is 1. The summed E-state index contributed by atoms with van der Waals surface area (Å²) in [7, 11) is 0. The summed E-state index contributed by atoms with van der Waals surface area (Å²) in [4.78, 5) is 10.8. The highest BCUT2D eigenvalue weighted by Crippen LogP contribution is 2.53. The van der Waals surface area contributed by atoms with Gasteiger partial charge in [-0.15, -0.1) is 0 Å². The van der Waals surface area contributed by atoms with Crippen molar-refractivity contribution in [2.24, 2.45) is 11.3 Å². The van der Waals surface area contributed by atoms with Crippen molar-refractivity contribution >= 4 is 6.29 Å². The summed E-state index contributed by atoms with van der Waals surface area (Å²) in [6, 6.07) is 0. The summed E-state index contributed by atoms with van der Waals surface area (Å²) in [6.45, 7) is 0. The van der Waals surface area contributed by atoms with E-state index in [1.54, 1.807) is 0 Å². The van der Waals surface area contributed by atoms with Crippen LogP contribution in [-0.4, -0.2) is 6.29 Å². The molecule has 0 aromatic rings. The fraction of sp³-hybridized carbons (Fsp3) is 0.700. The van der Waals surface area contributed by atoms with Gasteiger partial charge in [-0.05, 0) is 38.0 Å². The smallest absolute Gasteiger partial charge is 0.126 e. The minimum absolute atomic E-state index is 0.0942. The van der Waals surface area contributed by atoms with Crippen LogP contribution in [-0.2, 0) is 4.79 Å². The minimum Gasteiger partial charge on any atom is -0.303 e. The van der Waals surface area contributed by atoms with Crippen LogP contribution in [0.3, 0.4) is 0 Å². The molecule has 1 saturated carbocycles. The second-order valence-electron chi connectivity index (χ2n) is 3.82. The molecule has 0 spiro atoms. The first-order valence-corrected chi connectivity index (χ1v) is 4.50. The molecular weight excluding hydrogens is 136 g/mol. The van der Waals surface area contributed by atoms with Crippen molar-refractivity contribution in [1.29, 1.82) is 0 Å². The lowest BCUT2D eigenvalue weighted by atomic mass is 9.83. The SMILES string of the molecule is O=CC1(C2C=CCCC2)CC1. The Morgan fingerprint density at radius 3 is 2.73 bits per heavy atom. The van der Waals surface area contributed by atoms with Crippen LogP contribution in [0.25, 0.3) is 0 Å². The van der Waals surface area contributed by atoms with E-state index >= 15 is 0 Å². The van der Waals surface area contributed by atoms with E-state index in [-0.39, 0.29) is 5.41 Å². The Morgan fingerprint density at radius 1 is 1.45 bits per heavy atom. The van der Waals surface area contributed by atoms with E-state index in [1.807, 2.05) is 0 Å². The number of carbonyl (C=O) groups excluding carboxylic acids is 1. The number of aldehydes is 1. The highest BCUT2D eigenvalue weighted by Gasteiger charge is 2.48. The van der Waals surface area contributed by atoms with Crippen LogP contribution in [0.5, 0.6) is 0 Å². The Morgan fingerprint density at radius 2 is 2.27 bits per heavy atom. The third-order valence-electron chi connectivity index (χ3n) is 3.05. The van der Waals surface area contributed by atoms with Crippen molar-refractivity contribution in [3.05, 3.63) is 12.2 Å². The molecule has 0 N–H and O–H groups in total. The molecular formula is C10H14O. The zero-order chi connectivity index (χ0) is 7.73. The van der Waals surface area contributed by atoms with Crippen molar-refractivity contribution in [3.63, 3.8) is 0 Å². The Balaban J connectivity index is 2.08. The van der Waals surface area contributed by atoms with E-state index in [9.17, 15) is 4.79 Å². The Labute approximate surface area is 67.5 Å². The molecule has 0 saturated heterocycles. The molecule has 0 radical (unpaired) electrons. The molecule has 0 aromatic carbocycles. The molecule has 0 aliphatic heterocycles. The van der Waals surface area contributed by atoms with Crippen LogP contribution < -0.4 is 0 Å². The van der Waals surface area contributed by atoms with Crippen molar-refractivity contribution in [1.82, 2.24) is 0 Å². The number of hydrogen-bond donors (Lipinski definition) is 0. The fourth-order valence-corrected chi connectivity index (χ4v) is 2.01. The molecule has 1 fully saturated rings. The first-order chi connectivity index (χ1) is 5.37. The summed E-state index contributed by atoms with van der Waals surface area (Å²) >= 11 is 0. The Bertz CT molecular complexity index is 189. The third kappa shape index (κ3) is 1.13. The minimum atomic E-state index is 0.0942. The lowest BCUT2D eigenvalue weighted by molar-refractivity contribution is -0.113. The largest absolute Gasteiger partial charge is 0.303 e. The molecule has 1 unspecified atom stereocenters. The average Bonchev–Trinajstić information content (AvgIpc) is 2.86. The normalized spacial score (nSPS) is 33.3. The lowest BCUT2D eigenvalue weighted by Gasteiger charge is -2.21. The summed E-state index contributed by atoms with van der Waals surface area (Å²) in [5.74, 6) is 0.578. The summed E-state index contributed by atoms with van der Waals surface area (Å²) < 4.78 is 0. The van der Waals surface area contributed by atoms with Gasteiger partial charge in [0.15, 0.2) is 0 Å². The van der Waals surface area contributed by atoms with Gasteiger partial charge < -0.3 is 4.79 Å². The molecule has 0 heterocycles. The molecule has 2 aliphatic carbocycles. The van der Waals surface area contributed by atoms with Gasteiger partial charge in [0.25, 0.3) is 0 Å². The first-order valence-electron chi connectivity index (χ1n) is 4.50. The number of carbonyl (C=O) groups is 1. The van der Waals surface area contributed by atoms with E-state index in [1.165, 1.54) is 25.5 Å². The Hall–Kier alpha value is -0.590. The van der Waals surface area contributed by atoms with Gasteiger partial charge in [0, 0.05) is 5.41 Å². The van der Waals surface area contributed by atoms with E-state index in [2.05, 4.69) is 12.2 Å². The van der Waals surface area contributed by atoms with Crippen molar-refractivity contribution in [2.75, 3.05) is 0 Å².